The lowest BCUT2D eigenvalue weighted by Gasteiger charge is -2.55. The van der Waals surface area contributed by atoms with Crippen molar-refractivity contribution in [2.24, 2.45) is 0 Å². The molecule has 0 aliphatic carbocycles. The van der Waals surface area contributed by atoms with Crippen LogP contribution in [0, 0.1) is 6.92 Å². The Hall–Kier alpha value is -0.990. The Balaban J connectivity index is 1.30. The molecule has 4 rings (SSSR count). The molecule has 138 valence electrons. The van der Waals surface area contributed by atoms with Crippen LogP contribution >= 0.6 is 11.3 Å². The van der Waals surface area contributed by atoms with Crippen LogP contribution in [0.25, 0.3) is 0 Å². The second-order valence-corrected chi connectivity index (χ2v) is 8.58. The van der Waals surface area contributed by atoms with Crippen LogP contribution in [0.2, 0.25) is 0 Å². The molecule has 1 spiro atoms. The van der Waals surface area contributed by atoms with Crippen molar-refractivity contribution in [2.45, 2.75) is 38.0 Å². The zero-order valence-corrected chi connectivity index (χ0v) is 15.9. The number of likely N-dealkylation sites (tertiary alicyclic amines) is 1. The third kappa shape index (κ3) is 3.48. The Kier molecular flexibility index (Phi) is 4.85. The quantitative estimate of drug-likeness (QED) is 0.812. The summed E-state index contributed by atoms with van der Waals surface area (Å²) in [5.74, 6) is 0.0439. The Morgan fingerprint density at radius 1 is 1.36 bits per heavy atom. The highest BCUT2D eigenvalue weighted by Gasteiger charge is 2.50. The molecular formula is C18H27N3O3S. The highest BCUT2D eigenvalue weighted by atomic mass is 32.1. The van der Waals surface area contributed by atoms with Gasteiger partial charge in [0.25, 0.3) is 5.91 Å². The standard InChI is InChI=1S/C18H27N3O3S/c1-14-5-8-25-16(14)9-20-12-18(13-20)11-19(2)15(10-23-18)17(22)21-6-3-4-7-24-21/h5,8,15H,3-4,6-7,9-13H2,1-2H3. The van der Waals surface area contributed by atoms with Crippen LogP contribution < -0.4 is 0 Å². The molecule has 1 unspecified atom stereocenters. The molecule has 3 aliphatic heterocycles. The fraction of sp³-hybridized carbons (Fsp3) is 0.722. The molecule has 0 aromatic carbocycles. The fourth-order valence-corrected chi connectivity index (χ4v) is 4.98. The van der Waals surface area contributed by atoms with Gasteiger partial charge in [0.2, 0.25) is 0 Å². The molecule has 4 heterocycles. The van der Waals surface area contributed by atoms with Crippen LogP contribution in [0.5, 0.6) is 0 Å². The average Bonchev–Trinajstić information content (AvgIpc) is 2.99. The van der Waals surface area contributed by atoms with E-state index in [1.54, 1.807) is 5.06 Å². The van der Waals surface area contributed by atoms with E-state index < -0.39 is 0 Å². The molecule has 0 bridgehead atoms. The van der Waals surface area contributed by atoms with Crippen molar-refractivity contribution < 1.29 is 14.4 Å². The number of morpholine rings is 1. The van der Waals surface area contributed by atoms with Gasteiger partial charge in [0.05, 0.1) is 13.2 Å². The van der Waals surface area contributed by atoms with Gasteiger partial charge >= 0.3 is 0 Å². The van der Waals surface area contributed by atoms with Crippen LogP contribution in [0.15, 0.2) is 11.4 Å². The largest absolute Gasteiger partial charge is 0.369 e. The first-order valence-corrected chi connectivity index (χ1v) is 9.98. The number of ether oxygens (including phenoxy) is 1. The van der Waals surface area contributed by atoms with Gasteiger partial charge in [0, 0.05) is 37.6 Å². The molecule has 3 fully saturated rings. The van der Waals surface area contributed by atoms with Gasteiger partial charge in [0.15, 0.2) is 0 Å². The Morgan fingerprint density at radius 3 is 2.84 bits per heavy atom. The van der Waals surface area contributed by atoms with E-state index in [1.165, 1.54) is 10.4 Å². The molecule has 1 atom stereocenters. The minimum atomic E-state index is -0.225. The summed E-state index contributed by atoms with van der Waals surface area (Å²) in [6, 6.07) is 1.96. The van der Waals surface area contributed by atoms with Crippen molar-refractivity contribution in [3.63, 3.8) is 0 Å². The molecule has 1 aromatic rings. The fourth-order valence-electron chi connectivity index (χ4n) is 4.03. The van der Waals surface area contributed by atoms with Crippen LogP contribution in [-0.2, 0) is 20.9 Å². The van der Waals surface area contributed by atoms with E-state index in [0.29, 0.717) is 19.8 Å². The number of nitrogens with zero attached hydrogens (tertiary/aromatic N) is 3. The van der Waals surface area contributed by atoms with E-state index in [4.69, 9.17) is 9.57 Å². The number of thiophene rings is 1. The number of hydroxylamine groups is 2. The molecule has 3 saturated heterocycles. The molecule has 1 amide bonds. The molecule has 0 radical (unpaired) electrons. The summed E-state index contributed by atoms with van der Waals surface area (Å²) in [6.07, 6.45) is 2.05. The van der Waals surface area contributed by atoms with Crippen molar-refractivity contribution in [2.75, 3.05) is 46.4 Å². The van der Waals surface area contributed by atoms with Crippen LogP contribution in [0.3, 0.4) is 0 Å². The number of rotatable bonds is 3. The molecule has 0 N–H and O–H groups in total. The summed E-state index contributed by atoms with van der Waals surface area (Å²) in [7, 11) is 2.03. The SMILES string of the molecule is Cc1ccsc1CN1CC2(C1)CN(C)C(C(=O)N1CCCCO1)CO2. The highest BCUT2D eigenvalue weighted by molar-refractivity contribution is 7.10. The maximum Gasteiger partial charge on any atom is 0.265 e. The zero-order valence-electron chi connectivity index (χ0n) is 15.1. The molecule has 25 heavy (non-hydrogen) atoms. The topological polar surface area (TPSA) is 45.2 Å². The number of amides is 1. The lowest BCUT2D eigenvalue weighted by molar-refractivity contribution is -0.224. The van der Waals surface area contributed by atoms with E-state index in [9.17, 15) is 4.79 Å². The van der Waals surface area contributed by atoms with Gasteiger partial charge in [-0.05, 0) is 43.8 Å². The van der Waals surface area contributed by atoms with Gasteiger partial charge in [-0.2, -0.15) is 0 Å². The Bertz CT molecular complexity index is 623. The number of hydrogen-bond donors (Lipinski definition) is 0. The summed E-state index contributed by atoms with van der Waals surface area (Å²) in [6.45, 7) is 7.66. The maximum atomic E-state index is 12.7. The summed E-state index contributed by atoms with van der Waals surface area (Å²) < 4.78 is 6.19. The van der Waals surface area contributed by atoms with Gasteiger partial charge in [-0.1, -0.05) is 0 Å². The van der Waals surface area contributed by atoms with Crippen LogP contribution in [0.1, 0.15) is 23.3 Å². The monoisotopic (exact) mass is 365 g/mol. The summed E-state index contributed by atoms with van der Waals surface area (Å²) in [5, 5.41) is 3.70. The first kappa shape index (κ1) is 17.4. The second-order valence-electron chi connectivity index (χ2n) is 7.58. The molecular weight excluding hydrogens is 338 g/mol. The first-order chi connectivity index (χ1) is 12.1. The molecule has 6 nitrogen and oxygen atoms in total. The number of carbonyl (C=O) groups excluding carboxylic acids is 1. The first-order valence-electron chi connectivity index (χ1n) is 9.10. The maximum absolute atomic E-state index is 12.7. The lowest BCUT2D eigenvalue weighted by Crippen LogP contribution is -2.72. The van der Waals surface area contributed by atoms with Gasteiger partial charge < -0.3 is 4.74 Å². The summed E-state index contributed by atoms with van der Waals surface area (Å²) in [4.78, 5) is 24.2. The number of carbonyl (C=O) groups is 1. The molecule has 7 heteroatoms. The Labute approximate surface area is 153 Å². The number of hydrogen-bond acceptors (Lipinski definition) is 6. The van der Waals surface area contributed by atoms with E-state index in [0.717, 1.165) is 39.0 Å². The minimum Gasteiger partial charge on any atom is -0.369 e. The van der Waals surface area contributed by atoms with Gasteiger partial charge in [-0.3, -0.25) is 19.4 Å². The van der Waals surface area contributed by atoms with Gasteiger partial charge in [-0.15, -0.1) is 11.3 Å². The predicted molar refractivity (Wildman–Crippen MR) is 96.3 cm³/mol. The smallest absolute Gasteiger partial charge is 0.265 e. The van der Waals surface area contributed by atoms with Crippen LogP contribution in [-0.4, -0.2) is 78.9 Å². The van der Waals surface area contributed by atoms with Crippen molar-refractivity contribution in [3.8, 4) is 0 Å². The van der Waals surface area contributed by atoms with Gasteiger partial charge in [0.1, 0.15) is 11.6 Å². The van der Waals surface area contributed by atoms with E-state index in [-0.39, 0.29) is 17.6 Å². The molecule has 0 saturated carbocycles. The Morgan fingerprint density at radius 2 is 2.20 bits per heavy atom. The highest BCUT2D eigenvalue weighted by Crippen LogP contribution is 2.33. The van der Waals surface area contributed by atoms with E-state index in [2.05, 4.69) is 28.2 Å². The molecule has 3 aliphatic rings. The summed E-state index contributed by atoms with van der Waals surface area (Å²) in [5.41, 5.74) is 1.26. The third-order valence-electron chi connectivity index (χ3n) is 5.51. The molecule has 1 aromatic heterocycles. The summed E-state index contributed by atoms with van der Waals surface area (Å²) >= 11 is 1.83. The average molecular weight is 365 g/mol. The predicted octanol–water partition coefficient (Wildman–Crippen LogP) is 1.50. The number of aryl methyl sites for hydroxylation is 1. The lowest BCUT2D eigenvalue weighted by atomic mass is 9.90. The van der Waals surface area contributed by atoms with Crippen LogP contribution in [0.4, 0.5) is 0 Å². The van der Waals surface area contributed by atoms with E-state index in [1.807, 2.05) is 18.4 Å². The van der Waals surface area contributed by atoms with Crippen molar-refractivity contribution >= 4 is 17.2 Å². The second kappa shape index (κ2) is 6.96. The normalized spacial score (nSPS) is 27.4. The third-order valence-corrected chi connectivity index (χ3v) is 6.52. The van der Waals surface area contributed by atoms with E-state index >= 15 is 0 Å². The number of likely N-dealkylation sites (N-methyl/N-ethyl adjacent to an activating group) is 1. The van der Waals surface area contributed by atoms with Crippen molar-refractivity contribution in [3.05, 3.63) is 21.9 Å². The van der Waals surface area contributed by atoms with Gasteiger partial charge in [-0.25, -0.2) is 5.06 Å². The zero-order chi connectivity index (χ0) is 17.4. The van der Waals surface area contributed by atoms with Crippen molar-refractivity contribution in [1.82, 2.24) is 14.9 Å². The minimum absolute atomic E-state index is 0.0439. The van der Waals surface area contributed by atoms with Crippen molar-refractivity contribution in [1.29, 1.82) is 0 Å².